The van der Waals surface area contributed by atoms with Crippen LogP contribution in [-0.4, -0.2) is 52.3 Å². The minimum atomic E-state index is -1.14. The van der Waals surface area contributed by atoms with E-state index in [9.17, 15) is 19.5 Å². The maximum Gasteiger partial charge on any atom is 0.334 e. The van der Waals surface area contributed by atoms with Crippen LogP contribution in [0.5, 0.6) is 0 Å². The number of hydrogen-bond acceptors (Lipinski definition) is 7. The fraction of sp³-hybridized carbons (Fsp3) is 0.767. The molecule has 6 rings (SSSR count). The van der Waals surface area contributed by atoms with Crippen LogP contribution in [0, 0.1) is 34.5 Å². The third-order valence-electron chi connectivity index (χ3n) is 11.9. The van der Waals surface area contributed by atoms with Crippen molar-refractivity contribution in [2.24, 2.45) is 34.5 Å². The van der Waals surface area contributed by atoms with Crippen molar-refractivity contribution < 1.29 is 33.7 Å². The molecule has 7 nitrogen and oxygen atoms in total. The van der Waals surface area contributed by atoms with E-state index in [4.69, 9.17) is 14.2 Å². The van der Waals surface area contributed by atoms with E-state index in [1.165, 1.54) is 6.92 Å². The topological polar surface area (TPSA) is 102 Å². The molecule has 1 spiro atoms. The summed E-state index contributed by atoms with van der Waals surface area (Å²) in [6.45, 7) is 11.3. The highest BCUT2D eigenvalue weighted by Crippen LogP contribution is 2.73. The molecule has 0 radical (unpaired) electrons. The van der Waals surface area contributed by atoms with Gasteiger partial charge in [-0.1, -0.05) is 12.5 Å². The second-order valence-corrected chi connectivity index (χ2v) is 13.4. The van der Waals surface area contributed by atoms with E-state index >= 15 is 0 Å². The molecule has 2 heterocycles. The number of fused-ring (bicyclic) bond motifs is 4. The van der Waals surface area contributed by atoms with Gasteiger partial charge in [0, 0.05) is 18.9 Å². The summed E-state index contributed by atoms with van der Waals surface area (Å²) < 4.78 is 17.9. The Morgan fingerprint density at radius 2 is 1.89 bits per heavy atom. The molecule has 4 aliphatic carbocycles. The number of rotatable bonds is 3. The molecule has 202 valence electrons. The minimum absolute atomic E-state index is 0.00897. The van der Waals surface area contributed by atoms with Crippen molar-refractivity contribution in [3.63, 3.8) is 0 Å². The van der Waals surface area contributed by atoms with Gasteiger partial charge in [-0.2, -0.15) is 0 Å². The number of epoxide rings is 1. The van der Waals surface area contributed by atoms with E-state index in [-0.39, 0.29) is 47.0 Å². The average Bonchev–Trinajstić information content (AvgIpc) is 3.44. The van der Waals surface area contributed by atoms with Crippen LogP contribution < -0.4 is 0 Å². The van der Waals surface area contributed by atoms with Gasteiger partial charge in [0.2, 0.25) is 0 Å². The third kappa shape index (κ3) is 3.10. The van der Waals surface area contributed by atoms with Crippen molar-refractivity contribution in [1.29, 1.82) is 0 Å². The second-order valence-electron chi connectivity index (χ2n) is 13.4. The Morgan fingerprint density at radius 1 is 1.16 bits per heavy atom. The zero-order valence-electron chi connectivity index (χ0n) is 22.8. The molecule has 1 N–H and O–H groups in total. The van der Waals surface area contributed by atoms with Crippen molar-refractivity contribution in [2.45, 2.75) is 110 Å². The van der Waals surface area contributed by atoms with Gasteiger partial charge in [-0.3, -0.25) is 9.59 Å². The zero-order valence-corrected chi connectivity index (χ0v) is 22.8. The lowest BCUT2D eigenvalue weighted by molar-refractivity contribution is -0.185. The number of aliphatic hydroxyl groups is 1. The Balaban J connectivity index is 1.30. The molecule has 37 heavy (non-hydrogen) atoms. The first-order valence-electron chi connectivity index (χ1n) is 14.0. The molecule has 6 aliphatic rings. The summed E-state index contributed by atoms with van der Waals surface area (Å²) in [6, 6.07) is 0. The summed E-state index contributed by atoms with van der Waals surface area (Å²) in [5.74, 6) is 0.129. The van der Waals surface area contributed by atoms with Crippen LogP contribution in [0.3, 0.4) is 0 Å². The van der Waals surface area contributed by atoms with Crippen molar-refractivity contribution in [2.75, 3.05) is 0 Å². The molecule has 4 fully saturated rings. The highest BCUT2D eigenvalue weighted by atomic mass is 16.7. The molecule has 0 unspecified atom stereocenters. The number of ether oxygens (including phenoxy) is 3. The number of cyclic esters (lactones) is 1. The maximum absolute atomic E-state index is 13.6. The van der Waals surface area contributed by atoms with Crippen molar-refractivity contribution in [3.8, 4) is 0 Å². The first-order chi connectivity index (χ1) is 17.3. The van der Waals surface area contributed by atoms with Crippen LogP contribution in [0.2, 0.25) is 0 Å². The first-order valence-corrected chi connectivity index (χ1v) is 14.0. The molecular weight excluding hydrogens is 472 g/mol. The van der Waals surface area contributed by atoms with Crippen LogP contribution in [0.1, 0.15) is 80.1 Å². The number of allylic oxidation sites excluding steroid dienone is 1. The molecular formula is C30H40O7. The fourth-order valence-corrected chi connectivity index (χ4v) is 9.84. The van der Waals surface area contributed by atoms with Crippen LogP contribution in [-0.2, 0) is 28.6 Å². The van der Waals surface area contributed by atoms with Crippen LogP contribution in [0.25, 0.3) is 0 Å². The lowest BCUT2D eigenvalue weighted by Gasteiger charge is -2.59. The SMILES string of the molecule is CC(=O)O[C@H]1C=CC(=O)[C@]2(C)[C@H]3CC[C@]4(C)[C@@H]([C@@](C)(O)[C@H]5CC(C)=C(C)C(=O)O5)CC[C@H]4[C@@H]3C[C@H]3O[C@]132. The summed E-state index contributed by atoms with van der Waals surface area (Å²) in [6.07, 6.45) is 7.09. The Morgan fingerprint density at radius 3 is 2.57 bits per heavy atom. The van der Waals surface area contributed by atoms with Gasteiger partial charge in [0.25, 0.3) is 0 Å². The molecule has 0 aromatic rings. The average molecular weight is 513 g/mol. The Kier molecular flexibility index (Phi) is 5.32. The summed E-state index contributed by atoms with van der Waals surface area (Å²) in [4.78, 5) is 37.9. The molecule has 2 aliphatic heterocycles. The minimum Gasteiger partial charge on any atom is -0.456 e. The lowest BCUT2D eigenvalue weighted by Crippen LogP contribution is -2.64. The van der Waals surface area contributed by atoms with Crippen molar-refractivity contribution >= 4 is 17.7 Å². The smallest absolute Gasteiger partial charge is 0.334 e. The van der Waals surface area contributed by atoms with E-state index in [0.29, 0.717) is 17.9 Å². The van der Waals surface area contributed by atoms with E-state index in [2.05, 4.69) is 6.92 Å². The monoisotopic (exact) mass is 512 g/mol. The van der Waals surface area contributed by atoms with Gasteiger partial charge in [0.1, 0.15) is 17.3 Å². The number of carbonyl (C=O) groups excluding carboxylic acids is 3. The maximum atomic E-state index is 13.6. The van der Waals surface area contributed by atoms with E-state index in [1.54, 1.807) is 19.1 Å². The van der Waals surface area contributed by atoms with Crippen LogP contribution >= 0.6 is 0 Å². The third-order valence-corrected chi connectivity index (χ3v) is 11.9. The standard InChI is InChI=1S/C30H40O7/c1-15-13-24(36-26(33)16(15)2)29(6,34)21-8-7-19-18-14-25-30(37-25)23(35-17(3)31)10-9-22(32)28(30,5)20(18)11-12-27(19,21)4/h9-10,18-21,23-25,34H,7-8,11-14H2,1-6H3/t18-,19-,20-,21-,23-,24+,25+,27-,28-,29+,30+/m0/s1. The van der Waals surface area contributed by atoms with Gasteiger partial charge in [-0.15, -0.1) is 0 Å². The first kappa shape index (κ1) is 25.3. The van der Waals surface area contributed by atoms with Crippen LogP contribution in [0.4, 0.5) is 0 Å². The van der Waals surface area contributed by atoms with Gasteiger partial charge in [-0.25, -0.2) is 4.79 Å². The Labute approximate surface area is 219 Å². The Hall–Kier alpha value is -1.99. The summed E-state index contributed by atoms with van der Waals surface area (Å²) in [7, 11) is 0. The zero-order chi connectivity index (χ0) is 26.7. The quantitative estimate of drug-likeness (QED) is 0.449. The molecule has 0 aromatic heterocycles. The largest absolute Gasteiger partial charge is 0.456 e. The van der Waals surface area contributed by atoms with Gasteiger partial charge in [0.15, 0.2) is 11.9 Å². The predicted molar refractivity (Wildman–Crippen MR) is 134 cm³/mol. The van der Waals surface area contributed by atoms with E-state index in [0.717, 1.165) is 37.7 Å². The molecule has 0 aromatic carbocycles. The normalized spacial score (nSPS) is 49.8. The molecule has 1 saturated heterocycles. The van der Waals surface area contributed by atoms with Gasteiger partial charge in [-0.05, 0) is 101 Å². The summed E-state index contributed by atoms with van der Waals surface area (Å²) in [5.41, 5.74) is -1.15. The van der Waals surface area contributed by atoms with E-state index in [1.807, 2.05) is 20.8 Å². The Bertz CT molecular complexity index is 1130. The summed E-state index contributed by atoms with van der Waals surface area (Å²) >= 11 is 0. The number of carbonyl (C=O) groups is 3. The predicted octanol–water partition coefficient (Wildman–Crippen LogP) is 4.07. The van der Waals surface area contributed by atoms with Crippen molar-refractivity contribution in [3.05, 3.63) is 23.3 Å². The molecule has 11 atom stereocenters. The highest BCUT2D eigenvalue weighted by molar-refractivity contribution is 5.98. The van der Waals surface area contributed by atoms with Gasteiger partial charge >= 0.3 is 11.9 Å². The fourth-order valence-electron chi connectivity index (χ4n) is 9.84. The molecule has 0 bridgehead atoms. The second kappa shape index (κ2) is 7.78. The van der Waals surface area contributed by atoms with E-state index < -0.39 is 28.8 Å². The molecule has 3 saturated carbocycles. The summed E-state index contributed by atoms with van der Waals surface area (Å²) in [5, 5.41) is 12.0. The number of ketones is 1. The van der Waals surface area contributed by atoms with Gasteiger partial charge in [0.05, 0.1) is 11.5 Å². The highest BCUT2D eigenvalue weighted by Gasteiger charge is 2.81. The lowest BCUT2D eigenvalue weighted by atomic mass is 9.44. The molecule has 7 heteroatoms. The van der Waals surface area contributed by atoms with Crippen LogP contribution in [0.15, 0.2) is 23.3 Å². The molecule has 0 amide bonds. The van der Waals surface area contributed by atoms with Gasteiger partial charge < -0.3 is 19.3 Å². The number of hydrogen-bond donors (Lipinski definition) is 1. The number of esters is 2. The van der Waals surface area contributed by atoms with Crippen molar-refractivity contribution in [1.82, 2.24) is 0 Å².